The fourth-order valence-corrected chi connectivity index (χ4v) is 2.89. The molecule has 0 aliphatic carbocycles. The Morgan fingerprint density at radius 3 is 2.48 bits per heavy atom. The summed E-state index contributed by atoms with van der Waals surface area (Å²) in [4.78, 5) is 15.1. The van der Waals surface area contributed by atoms with E-state index in [1.54, 1.807) is 12.1 Å². The summed E-state index contributed by atoms with van der Waals surface area (Å²) in [5.41, 5.74) is 3.58. The van der Waals surface area contributed by atoms with Crippen molar-refractivity contribution in [2.45, 2.75) is 6.61 Å². The molecule has 0 aliphatic rings. The summed E-state index contributed by atoms with van der Waals surface area (Å²) in [6.45, 7) is 0.376. The van der Waals surface area contributed by atoms with Crippen LogP contribution in [0.4, 0.5) is 5.69 Å². The number of benzene rings is 3. The number of nitrogens with zero attached hydrogens (tertiary/aromatic N) is 2. The fraction of sp³-hybridized carbons (Fsp3) is 0.0455. The third-order valence-corrected chi connectivity index (χ3v) is 4.29. The molecule has 0 fully saturated rings. The first kappa shape index (κ1) is 16.7. The van der Waals surface area contributed by atoms with Crippen LogP contribution >= 0.6 is 0 Å². The molecule has 1 heterocycles. The van der Waals surface area contributed by atoms with Crippen molar-refractivity contribution in [3.05, 3.63) is 101 Å². The molecule has 5 nitrogen and oxygen atoms in total. The molecule has 0 amide bonds. The van der Waals surface area contributed by atoms with Gasteiger partial charge in [0.25, 0.3) is 5.69 Å². The van der Waals surface area contributed by atoms with Crippen LogP contribution in [0, 0.1) is 10.1 Å². The highest BCUT2D eigenvalue weighted by Crippen LogP contribution is 2.26. The quantitative estimate of drug-likeness (QED) is 0.355. The third-order valence-electron chi connectivity index (χ3n) is 4.29. The van der Waals surface area contributed by atoms with Crippen LogP contribution in [0.25, 0.3) is 22.0 Å². The van der Waals surface area contributed by atoms with Gasteiger partial charge in [-0.25, -0.2) is 4.98 Å². The van der Waals surface area contributed by atoms with Crippen molar-refractivity contribution in [3.63, 3.8) is 0 Å². The number of para-hydroxylation sites is 1. The van der Waals surface area contributed by atoms with Crippen molar-refractivity contribution in [3.8, 4) is 16.9 Å². The molecule has 0 N–H and O–H groups in total. The number of rotatable bonds is 5. The smallest absolute Gasteiger partial charge is 0.270 e. The van der Waals surface area contributed by atoms with E-state index in [0.717, 1.165) is 33.5 Å². The number of hydrogen-bond donors (Lipinski definition) is 0. The number of fused-ring (bicyclic) bond motifs is 1. The minimum absolute atomic E-state index is 0.0789. The summed E-state index contributed by atoms with van der Waals surface area (Å²) in [6.07, 6.45) is 0. The van der Waals surface area contributed by atoms with Gasteiger partial charge in [-0.05, 0) is 35.4 Å². The molecular weight excluding hydrogens is 340 g/mol. The van der Waals surface area contributed by atoms with E-state index >= 15 is 0 Å². The largest absolute Gasteiger partial charge is 0.487 e. The van der Waals surface area contributed by atoms with Crippen LogP contribution < -0.4 is 4.74 Å². The van der Waals surface area contributed by atoms with Crippen LogP contribution in [0.15, 0.2) is 84.9 Å². The van der Waals surface area contributed by atoms with Gasteiger partial charge in [0.1, 0.15) is 12.4 Å². The van der Waals surface area contributed by atoms with E-state index in [0.29, 0.717) is 6.61 Å². The van der Waals surface area contributed by atoms with E-state index in [1.807, 2.05) is 66.7 Å². The average Bonchev–Trinajstić information content (AvgIpc) is 2.72. The summed E-state index contributed by atoms with van der Waals surface area (Å²) >= 11 is 0. The maximum Gasteiger partial charge on any atom is 0.270 e. The van der Waals surface area contributed by atoms with Crippen molar-refractivity contribution >= 4 is 16.6 Å². The number of nitro benzene ring substituents is 1. The van der Waals surface area contributed by atoms with Crippen LogP contribution in [-0.4, -0.2) is 9.91 Å². The van der Waals surface area contributed by atoms with Crippen molar-refractivity contribution in [1.29, 1.82) is 0 Å². The molecule has 0 aliphatic heterocycles. The van der Waals surface area contributed by atoms with Gasteiger partial charge in [-0.1, -0.05) is 48.5 Å². The molecule has 27 heavy (non-hydrogen) atoms. The summed E-state index contributed by atoms with van der Waals surface area (Å²) in [7, 11) is 0. The molecule has 132 valence electrons. The second-order valence-corrected chi connectivity index (χ2v) is 6.12. The lowest BCUT2D eigenvalue weighted by molar-refractivity contribution is -0.384. The van der Waals surface area contributed by atoms with Gasteiger partial charge in [-0.3, -0.25) is 10.1 Å². The Kier molecular flexibility index (Phi) is 4.49. The first-order chi connectivity index (χ1) is 13.2. The van der Waals surface area contributed by atoms with E-state index in [2.05, 4.69) is 4.98 Å². The zero-order valence-corrected chi connectivity index (χ0v) is 14.4. The van der Waals surface area contributed by atoms with Gasteiger partial charge < -0.3 is 4.74 Å². The van der Waals surface area contributed by atoms with Gasteiger partial charge in [0.2, 0.25) is 0 Å². The minimum Gasteiger partial charge on any atom is -0.487 e. The van der Waals surface area contributed by atoms with Gasteiger partial charge in [0, 0.05) is 17.5 Å². The Morgan fingerprint density at radius 2 is 1.67 bits per heavy atom. The van der Waals surface area contributed by atoms with Gasteiger partial charge in [-0.2, -0.15) is 0 Å². The standard InChI is InChI=1S/C22H16N2O3/c25-24(26)20-6-3-5-18(14-20)16-9-12-21(13-10-16)27-15-19-11-8-17-4-1-2-7-22(17)23-19/h1-14H,15H2. The summed E-state index contributed by atoms with van der Waals surface area (Å²) in [6, 6.07) is 26.0. The van der Waals surface area contributed by atoms with Crippen molar-refractivity contribution in [1.82, 2.24) is 4.98 Å². The molecule has 0 spiro atoms. The lowest BCUT2D eigenvalue weighted by Crippen LogP contribution is -1.98. The topological polar surface area (TPSA) is 65.3 Å². The SMILES string of the molecule is O=[N+]([O-])c1cccc(-c2ccc(OCc3ccc4ccccc4n3)cc2)c1. The highest BCUT2D eigenvalue weighted by molar-refractivity contribution is 5.78. The lowest BCUT2D eigenvalue weighted by atomic mass is 10.1. The molecule has 0 saturated carbocycles. The Hall–Kier alpha value is -3.73. The van der Waals surface area contributed by atoms with Crippen LogP contribution in [0.3, 0.4) is 0 Å². The van der Waals surface area contributed by atoms with E-state index in [-0.39, 0.29) is 5.69 Å². The molecule has 5 heteroatoms. The van der Waals surface area contributed by atoms with E-state index in [1.165, 1.54) is 6.07 Å². The van der Waals surface area contributed by atoms with Crippen LogP contribution in [0.5, 0.6) is 5.75 Å². The van der Waals surface area contributed by atoms with Crippen LogP contribution in [-0.2, 0) is 6.61 Å². The Morgan fingerprint density at radius 1 is 0.852 bits per heavy atom. The van der Waals surface area contributed by atoms with E-state index in [4.69, 9.17) is 4.74 Å². The number of nitro groups is 1. The van der Waals surface area contributed by atoms with Gasteiger partial charge >= 0.3 is 0 Å². The predicted molar refractivity (Wildman–Crippen MR) is 105 cm³/mol. The predicted octanol–water partition coefficient (Wildman–Crippen LogP) is 5.39. The monoisotopic (exact) mass is 356 g/mol. The van der Waals surface area contributed by atoms with Crippen molar-refractivity contribution in [2.24, 2.45) is 0 Å². The van der Waals surface area contributed by atoms with Gasteiger partial charge in [0.05, 0.1) is 16.1 Å². The first-order valence-electron chi connectivity index (χ1n) is 8.51. The number of non-ortho nitro benzene ring substituents is 1. The molecule has 0 radical (unpaired) electrons. The van der Waals surface area contributed by atoms with Gasteiger partial charge in [0.15, 0.2) is 0 Å². The lowest BCUT2D eigenvalue weighted by Gasteiger charge is -2.08. The molecule has 1 aromatic heterocycles. The molecular formula is C22H16N2O3. The van der Waals surface area contributed by atoms with Gasteiger partial charge in [-0.15, -0.1) is 0 Å². The maximum atomic E-state index is 10.9. The highest BCUT2D eigenvalue weighted by Gasteiger charge is 2.07. The minimum atomic E-state index is -0.391. The molecule has 0 saturated heterocycles. The van der Waals surface area contributed by atoms with E-state index < -0.39 is 4.92 Å². The van der Waals surface area contributed by atoms with Crippen molar-refractivity contribution in [2.75, 3.05) is 0 Å². The normalized spacial score (nSPS) is 10.7. The molecule has 0 bridgehead atoms. The number of pyridine rings is 1. The summed E-state index contributed by atoms with van der Waals surface area (Å²) in [5.74, 6) is 0.721. The average molecular weight is 356 g/mol. The van der Waals surface area contributed by atoms with Crippen LogP contribution in [0.1, 0.15) is 5.69 Å². The highest BCUT2D eigenvalue weighted by atomic mass is 16.6. The molecule has 0 unspecified atom stereocenters. The fourth-order valence-electron chi connectivity index (χ4n) is 2.89. The molecule has 4 rings (SSSR count). The van der Waals surface area contributed by atoms with Crippen LogP contribution in [0.2, 0.25) is 0 Å². The number of hydrogen-bond acceptors (Lipinski definition) is 4. The number of aromatic nitrogens is 1. The third kappa shape index (κ3) is 3.77. The summed E-state index contributed by atoms with van der Waals surface area (Å²) < 4.78 is 5.82. The zero-order chi connectivity index (χ0) is 18.6. The molecule has 3 aromatic carbocycles. The maximum absolute atomic E-state index is 10.9. The first-order valence-corrected chi connectivity index (χ1v) is 8.51. The Bertz CT molecular complexity index is 1110. The van der Waals surface area contributed by atoms with Crippen molar-refractivity contribution < 1.29 is 9.66 Å². The Labute approximate surface area is 156 Å². The Balaban J connectivity index is 1.47. The zero-order valence-electron chi connectivity index (χ0n) is 14.4. The summed E-state index contributed by atoms with van der Waals surface area (Å²) in [5, 5.41) is 12.0. The second kappa shape index (κ2) is 7.25. The molecule has 0 atom stereocenters. The number of ether oxygens (including phenoxy) is 1. The second-order valence-electron chi connectivity index (χ2n) is 6.12. The molecule has 4 aromatic rings. The van der Waals surface area contributed by atoms with E-state index in [9.17, 15) is 10.1 Å².